The smallest absolute Gasteiger partial charge is 0.0897 e. The van der Waals surface area contributed by atoms with Crippen LogP contribution >= 0.6 is 11.3 Å². The molecule has 0 spiro atoms. The Balaban J connectivity index is 1.94. The van der Waals surface area contributed by atoms with Crippen LogP contribution in [-0.4, -0.2) is 50.2 Å². The Labute approximate surface area is 132 Å². The molecule has 1 heterocycles. The van der Waals surface area contributed by atoms with E-state index in [9.17, 15) is 5.11 Å². The molecule has 0 aliphatic carbocycles. The monoisotopic (exact) mass is 315 g/mol. The van der Waals surface area contributed by atoms with Crippen molar-refractivity contribution < 1.29 is 14.6 Å². The molecule has 4 nitrogen and oxygen atoms in total. The molecule has 0 saturated carbocycles. The molecule has 1 rings (SSSR count). The minimum atomic E-state index is -0.467. The summed E-state index contributed by atoms with van der Waals surface area (Å²) in [6.07, 6.45) is 2.76. The summed E-state index contributed by atoms with van der Waals surface area (Å²) in [6, 6.07) is 2.49. The molecule has 1 aromatic rings. The first kappa shape index (κ1) is 18.6. The average Bonchev–Trinajstić information content (AvgIpc) is 2.97. The molecular weight excluding hydrogens is 286 g/mol. The second-order valence-electron chi connectivity index (χ2n) is 5.34. The van der Waals surface area contributed by atoms with Crippen molar-refractivity contribution in [1.82, 2.24) is 5.32 Å². The van der Waals surface area contributed by atoms with E-state index in [1.54, 1.807) is 11.3 Å². The van der Waals surface area contributed by atoms with Gasteiger partial charge in [0.2, 0.25) is 0 Å². The second kappa shape index (κ2) is 12.1. The van der Waals surface area contributed by atoms with Gasteiger partial charge in [-0.15, -0.1) is 0 Å². The maximum atomic E-state index is 9.84. The van der Waals surface area contributed by atoms with E-state index >= 15 is 0 Å². The SMILES string of the molecule is CCCCOCCOCC(O)CNC(C)Cc1ccsc1. The van der Waals surface area contributed by atoms with Gasteiger partial charge in [-0.1, -0.05) is 13.3 Å². The lowest BCUT2D eigenvalue weighted by atomic mass is 10.1. The highest BCUT2D eigenvalue weighted by Crippen LogP contribution is 2.08. The van der Waals surface area contributed by atoms with Crippen LogP contribution in [-0.2, 0) is 15.9 Å². The highest BCUT2D eigenvalue weighted by Gasteiger charge is 2.08. The topological polar surface area (TPSA) is 50.7 Å². The number of rotatable bonds is 13. The lowest BCUT2D eigenvalue weighted by Crippen LogP contribution is -2.37. The molecule has 0 aliphatic heterocycles. The van der Waals surface area contributed by atoms with E-state index in [1.165, 1.54) is 5.56 Å². The van der Waals surface area contributed by atoms with Gasteiger partial charge in [-0.25, -0.2) is 0 Å². The Kier molecular flexibility index (Phi) is 10.7. The molecule has 0 aliphatic rings. The van der Waals surface area contributed by atoms with Gasteiger partial charge in [0, 0.05) is 19.2 Å². The summed E-state index contributed by atoms with van der Waals surface area (Å²) in [5.41, 5.74) is 1.34. The van der Waals surface area contributed by atoms with Gasteiger partial charge < -0.3 is 19.9 Å². The molecule has 2 unspecified atom stereocenters. The minimum Gasteiger partial charge on any atom is -0.389 e. The molecule has 0 radical (unpaired) electrons. The zero-order chi connectivity index (χ0) is 15.3. The summed E-state index contributed by atoms with van der Waals surface area (Å²) >= 11 is 1.72. The van der Waals surface area contributed by atoms with E-state index in [4.69, 9.17) is 9.47 Å². The van der Waals surface area contributed by atoms with Gasteiger partial charge in [-0.2, -0.15) is 11.3 Å². The van der Waals surface area contributed by atoms with Crippen molar-refractivity contribution in [3.8, 4) is 0 Å². The number of ether oxygens (including phenoxy) is 2. The molecule has 0 bridgehead atoms. The predicted molar refractivity (Wildman–Crippen MR) is 88.0 cm³/mol. The van der Waals surface area contributed by atoms with Crippen LogP contribution in [0.4, 0.5) is 0 Å². The van der Waals surface area contributed by atoms with Crippen LogP contribution in [0.25, 0.3) is 0 Å². The first-order valence-corrected chi connectivity index (χ1v) is 8.74. The van der Waals surface area contributed by atoms with Crippen LogP contribution < -0.4 is 5.32 Å². The van der Waals surface area contributed by atoms with Crippen LogP contribution in [0.15, 0.2) is 16.8 Å². The fraction of sp³-hybridized carbons (Fsp3) is 0.750. The fourth-order valence-electron chi connectivity index (χ4n) is 1.92. The number of nitrogens with one attached hydrogen (secondary N) is 1. The van der Waals surface area contributed by atoms with Crippen molar-refractivity contribution in [2.24, 2.45) is 0 Å². The van der Waals surface area contributed by atoms with Crippen molar-refractivity contribution >= 4 is 11.3 Å². The summed E-state index contributed by atoms with van der Waals surface area (Å²) in [6.45, 7) is 7.14. The molecule has 0 aromatic carbocycles. The number of aliphatic hydroxyl groups is 1. The molecule has 21 heavy (non-hydrogen) atoms. The number of thiophene rings is 1. The quantitative estimate of drug-likeness (QED) is 0.549. The predicted octanol–water partition coefficient (Wildman–Crippen LogP) is 2.46. The number of unbranched alkanes of at least 4 members (excludes halogenated alkanes) is 1. The average molecular weight is 315 g/mol. The van der Waals surface area contributed by atoms with E-state index in [1.807, 2.05) is 0 Å². The summed E-state index contributed by atoms with van der Waals surface area (Å²) < 4.78 is 10.8. The third-order valence-electron chi connectivity index (χ3n) is 3.15. The fourth-order valence-corrected chi connectivity index (χ4v) is 2.60. The van der Waals surface area contributed by atoms with E-state index in [0.29, 0.717) is 32.4 Å². The van der Waals surface area contributed by atoms with Gasteiger partial charge in [-0.3, -0.25) is 0 Å². The second-order valence-corrected chi connectivity index (χ2v) is 6.12. The third-order valence-corrected chi connectivity index (χ3v) is 3.88. The summed E-state index contributed by atoms with van der Waals surface area (Å²) in [5, 5.41) is 17.4. The Morgan fingerprint density at radius 1 is 1.29 bits per heavy atom. The summed E-state index contributed by atoms with van der Waals surface area (Å²) in [4.78, 5) is 0. The highest BCUT2D eigenvalue weighted by molar-refractivity contribution is 7.07. The van der Waals surface area contributed by atoms with E-state index in [-0.39, 0.29) is 0 Å². The zero-order valence-corrected chi connectivity index (χ0v) is 14.0. The number of hydrogen-bond donors (Lipinski definition) is 2. The first-order chi connectivity index (χ1) is 10.2. The Bertz CT molecular complexity index is 332. The normalized spacial score (nSPS) is 14.2. The van der Waals surface area contributed by atoms with Crippen molar-refractivity contribution in [2.45, 2.75) is 45.3 Å². The zero-order valence-electron chi connectivity index (χ0n) is 13.2. The molecule has 2 atom stereocenters. The first-order valence-electron chi connectivity index (χ1n) is 7.80. The van der Waals surface area contributed by atoms with Gasteiger partial charge in [0.15, 0.2) is 0 Å². The van der Waals surface area contributed by atoms with Gasteiger partial charge in [0.1, 0.15) is 0 Å². The van der Waals surface area contributed by atoms with E-state index in [0.717, 1.165) is 25.9 Å². The van der Waals surface area contributed by atoms with Crippen LogP contribution in [0.2, 0.25) is 0 Å². The van der Waals surface area contributed by atoms with Crippen LogP contribution in [0.5, 0.6) is 0 Å². The molecular formula is C16H29NO3S. The van der Waals surface area contributed by atoms with Crippen molar-refractivity contribution in [1.29, 1.82) is 0 Å². The molecule has 0 amide bonds. The standard InChI is InChI=1S/C16H29NO3S/c1-3-4-6-19-7-8-20-12-16(18)11-17-14(2)10-15-5-9-21-13-15/h5,9,13-14,16-18H,3-4,6-8,10-12H2,1-2H3. The van der Waals surface area contributed by atoms with Crippen molar-refractivity contribution in [2.75, 3.05) is 33.0 Å². The van der Waals surface area contributed by atoms with Gasteiger partial charge in [-0.05, 0) is 42.2 Å². The molecule has 2 N–H and O–H groups in total. The molecule has 0 saturated heterocycles. The molecule has 0 fully saturated rings. The highest BCUT2D eigenvalue weighted by atomic mass is 32.1. The Morgan fingerprint density at radius 2 is 2.10 bits per heavy atom. The van der Waals surface area contributed by atoms with E-state index in [2.05, 4.69) is 36.0 Å². The van der Waals surface area contributed by atoms with E-state index < -0.39 is 6.10 Å². The van der Waals surface area contributed by atoms with Gasteiger partial charge in [0.25, 0.3) is 0 Å². The lowest BCUT2D eigenvalue weighted by molar-refractivity contribution is 0.00334. The summed E-state index contributed by atoms with van der Waals surface area (Å²) in [7, 11) is 0. The summed E-state index contributed by atoms with van der Waals surface area (Å²) in [5.74, 6) is 0. The lowest BCUT2D eigenvalue weighted by Gasteiger charge is -2.17. The van der Waals surface area contributed by atoms with Crippen LogP contribution in [0, 0.1) is 0 Å². The van der Waals surface area contributed by atoms with Gasteiger partial charge >= 0.3 is 0 Å². The maximum absolute atomic E-state index is 9.84. The largest absolute Gasteiger partial charge is 0.389 e. The van der Waals surface area contributed by atoms with Crippen molar-refractivity contribution in [3.63, 3.8) is 0 Å². The molecule has 122 valence electrons. The Morgan fingerprint density at radius 3 is 2.81 bits per heavy atom. The van der Waals surface area contributed by atoms with Crippen LogP contribution in [0.3, 0.4) is 0 Å². The molecule has 5 heteroatoms. The van der Waals surface area contributed by atoms with Crippen molar-refractivity contribution in [3.05, 3.63) is 22.4 Å². The van der Waals surface area contributed by atoms with Gasteiger partial charge in [0.05, 0.1) is 25.9 Å². The minimum absolute atomic E-state index is 0.353. The number of aliphatic hydroxyl groups excluding tert-OH is 1. The Hall–Kier alpha value is -0.460. The number of hydrogen-bond acceptors (Lipinski definition) is 5. The van der Waals surface area contributed by atoms with Crippen LogP contribution in [0.1, 0.15) is 32.3 Å². The molecule has 1 aromatic heterocycles. The third kappa shape index (κ3) is 9.98. The maximum Gasteiger partial charge on any atom is 0.0897 e.